The van der Waals surface area contributed by atoms with Gasteiger partial charge < -0.3 is 24.8 Å². The van der Waals surface area contributed by atoms with E-state index >= 15 is 0 Å². The molecule has 0 atom stereocenters. The third-order valence-electron chi connectivity index (χ3n) is 7.02. The molecule has 40 heavy (non-hydrogen) atoms. The van der Waals surface area contributed by atoms with Gasteiger partial charge in [-0.1, -0.05) is 24.3 Å². The van der Waals surface area contributed by atoms with Gasteiger partial charge in [0.25, 0.3) is 5.91 Å². The van der Waals surface area contributed by atoms with Crippen LogP contribution < -0.4 is 10.2 Å². The first-order valence-electron chi connectivity index (χ1n) is 14.1. The van der Waals surface area contributed by atoms with Crippen LogP contribution in [0.4, 0.5) is 5.69 Å². The fourth-order valence-electron chi connectivity index (χ4n) is 5.06. The minimum absolute atomic E-state index is 0.154. The van der Waals surface area contributed by atoms with Gasteiger partial charge in [-0.3, -0.25) is 4.79 Å². The molecule has 5 rings (SSSR count). The van der Waals surface area contributed by atoms with Crippen LogP contribution in [0, 0.1) is 0 Å². The number of ether oxygens (including phenoxy) is 1. The van der Waals surface area contributed by atoms with Crippen molar-refractivity contribution in [3.05, 3.63) is 84.1 Å². The van der Waals surface area contributed by atoms with Crippen molar-refractivity contribution in [1.82, 2.24) is 20.2 Å². The van der Waals surface area contributed by atoms with Crippen LogP contribution >= 0.6 is 0 Å². The second kappa shape index (κ2) is 13.1. The van der Waals surface area contributed by atoms with Crippen LogP contribution in [0.1, 0.15) is 50.9 Å². The number of anilines is 1. The highest BCUT2D eigenvalue weighted by Gasteiger charge is 2.27. The molecule has 212 valence electrons. The number of morpholine rings is 1. The van der Waals surface area contributed by atoms with Crippen molar-refractivity contribution in [2.45, 2.75) is 46.1 Å². The number of hydrogen-bond donors (Lipinski definition) is 2. The van der Waals surface area contributed by atoms with Crippen molar-refractivity contribution in [1.29, 1.82) is 0 Å². The normalized spacial score (nSPS) is 17.2. The van der Waals surface area contributed by atoms with E-state index in [4.69, 9.17) is 9.72 Å². The summed E-state index contributed by atoms with van der Waals surface area (Å²) in [5.41, 5.74) is 5.73. The van der Waals surface area contributed by atoms with E-state index in [1.807, 2.05) is 32.1 Å². The zero-order valence-corrected chi connectivity index (χ0v) is 24.6. The molecular weight excluding hydrogens is 498 g/mol. The number of aromatic nitrogens is 2. The topological polar surface area (TPSA) is 73.5 Å². The first kappa shape index (κ1) is 29.3. The standard InChI is InChI=1S/C28H32N4O2.C5H11N/c1-6-8-21(17-19(2)3)29-27(33)23-9-7-10-24-25(23)31-26(30-24)20-11-13-22(14-12-20)32-15-16-34-28(4,5)18-32;1-6-4-2-3-5-6/h6-14,17H,1,15-16,18H2,2-5H3,(H,29,33)(H,30,31);2-5H2,1H3/b21-8+;. The highest BCUT2D eigenvalue weighted by atomic mass is 16.5. The van der Waals surface area contributed by atoms with E-state index in [-0.39, 0.29) is 11.5 Å². The first-order chi connectivity index (χ1) is 19.1. The Hall–Kier alpha value is -3.68. The molecule has 7 nitrogen and oxygen atoms in total. The number of hydrogen-bond acceptors (Lipinski definition) is 5. The van der Waals surface area contributed by atoms with Gasteiger partial charge in [-0.2, -0.15) is 0 Å². The summed E-state index contributed by atoms with van der Waals surface area (Å²) in [6, 6.07) is 13.9. The van der Waals surface area contributed by atoms with E-state index in [9.17, 15) is 4.79 Å². The van der Waals surface area contributed by atoms with Gasteiger partial charge >= 0.3 is 0 Å². The SMILES string of the molecule is C=C/C=C(\C=C(C)C)NC(=O)c1cccc2[nH]c(-c3ccc(N4CCOC(C)(C)C4)cc3)nc12.CN1CCCC1. The molecule has 0 aliphatic carbocycles. The summed E-state index contributed by atoms with van der Waals surface area (Å²) < 4.78 is 5.83. The van der Waals surface area contributed by atoms with Crippen molar-refractivity contribution < 1.29 is 9.53 Å². The quantitative estimate of drug-likeness (QED) is 0.357. The molecule has 7 heteroatoms. The molecule has 0 saturated carbocycles. The van der Waals surface area contributed by atoms with Gasteiger partial charge in [-0.25, -0.2) is 4.98 Å². The number of para-hydroxylation sites is 1. The largest absolute Gasteiger partial charge is 0.372 e. The maximum absolute atomic E-state index is 13.1. The number of H-pyrrole nitrogens is 1. The van der Waals surface area contributed by atoms with Crippen LogP contribution in [-0.4, -0.2) is 66.2 Å². The number of aromatic amines is 1. The molecule has 3 aromatic rings. The highest BCUT2D eigenvalue weighted by molar-refractivity contribution is 6.06. The first-order valence-corrected chi connectivity index (χ1v) is 14.1. The molecular formula is C33H43N5O2. The Kier molecular flexibility index (Phi) is 9.61. The summed E-state index contributed by atoms with van der Waals surface area (Å²) in [5, 5.41) is 2.96. The van der Waals surface area contributed by atoms with Crippen molar-refractivity contribution in [2.24, 2.45) is 0 Å². The third-order valence-corrected chi connectivity index (χ3v) is 7.02. The molecule has 2 saturated heterocycles. The number of carbonyl (C=O) groups is 1. The lowest BCUT2D eigenvalue weighted by Gasteiger charge is -2.39. The second-order valence-electron chi connectivity index (χ2n) is 11.4. The molecule has 3 heterocycles. The molecule has 0 spiro atoms. The van der Waals surface area contributed by atoms with Crippen LogP contribution in [0.5, 0.6) is 0 Å². The van der Waals surface area contributed by atoms with Gasteiger partial charge in [-0.05, 0) is 109 Å². The van der Waals surface area contributed by atoms with E-state index in [2.05, 4.69) is 71.8 Å². The number of nitrogens with zero attached hydrogens (tertiary/aromatic N) is 3. The fourth-order valence-corrected chi connectivity index (χ4v) is 5.06. The fraction of sp³-hybridized carbons (Fsp3) is 0.394. The van der Waals surface area contributed by atoms with Crippen molar-refractivity contribution in [2.75, 3.05) is 44.7 Å². The Balaban J connectivity index is 0.000000546. The van der Waals surface area contributed by atoms with Gasteiger partial charge in [0.1, 0.15) is 11.3 Å². The van der Waals surface area contributed by atoms with Gasteiger partial charge in [0, 0.05) is 30.0 Å². The predicted molar refractivity (Wildman–Crippen MR) is 166 cm³/mol. The van der Waals surface area contributed by atoms with Gasteiger partial charge in [0.2, 0.25) is 0 Å². The van der Waals surface area contributed by atoms with Crippen molar-refractivity contribution in [3.63, 3.8) is 0 Å². The number of benzene rings is 2. The Bertz CT molecular complexity index is 1370. The molecule has 1 aromatic heterocycles. The van der Waals surface area contributed by atoms with Crippen LogP contribution in [-0.2, 0) is 4.74 Å². The average molecular weight is 542 g/mol. The molecule has 2 aliphatic heterocycles. The van der Waals surface area contributed by atoms with Crippen LogP contribution in [0.3, 0.4) is 0 Å². The number of nitrogens with one attached hydrogen (secondary N) is 2. The lowest BCUT2D eigenvalue weighted by molar-refractivity contribution is -0.0276. The molecule has 0 unspecified atom stereocenters. The summed E-state index contributed by atoms with van der Waals surface area (Å²) in [6.07, 6.45) is 8.17. The molecule has 0 radical (unpaired) electrons. The summed E-state index contributed by atoms with van der Waals surface area (Å²) >= 11 is 0. The summed E-state index contributed by atoms with van der Waals surface area (Å²) in [4.78, 5) is 25.9. The highest BCUT2D eigenvalue weighted by Crippen LogP contribution is 2.27. The average Bonchev–Trinajstić information content (AvgIpc) is 3.57. The molecule has 2 fully saturated rings. The Labute approximate surface area is 238 Å². The molecule has 2 N–H and O–H groups in total. The number of imidazole rings is 1. The maximum Gasteiger partial charge on any atom is 0.257 e. The van der Waals surface area contributed by atoms with Crippen LogP contribution in [0.15, 0.2) is 78.5 Å². The van der Waals surface area contributed by atoms with Crippen molar-refractivity contribution in [3.8, 4) is 11.4 Å². The number of likely N-dealkylation sites (tertiary alicyclic amines) is 1. The lowest BCUT2D eigenvalue weighted by atomic mass is 10.1. The number of amides is 1. The number of carbonyl (C=O) groups excluding carboxylic acids is 1. The van der Waals surface area contributed by atoms with E-state index in [1.165, 1.54) is 25.9 Å². The van der Waals surface area contributed by atoms with Crippen LogP contribution in [0.2, 0.25) is 0 Å². The van der Waals surface area contributed by atoms with Gasteiger partial charge in [0.15, 0.2) is 0 Å². The number of allylic oxidation sites excluding steroid dienone is 4. The minimum atomic E-state index is -0.209. The predicted octanol–water partition coefficient (Wildman–Crippen LogP) is 6.32. The minimum Gasteiger partial charge on any atom is -0.372 e. The summed E-state index contributed by atoms with van der Waals surface area (Å²) in [7, 11) is 2.17. The number of fused-ring (bicyclic) bond motifs is 1. The lowest BCUT2D eigenvalue weighted by Crippen LogP contribution is -2.48. The van der Waals surface area contributed by atoms with E-state index in [0.717, 1.165) is 47.9 Å². The molecule has 0 bridgehead atoms. The summed E-state index contributed by atoms with van der Waals surface area (Å²) in [5.74, 6) is 0.523. The summed E-state index contributed by atoms with van der Waals surface area (Å²) in [6.45, 7) is 17.0. The van der Waals surface area contributed by atoms with E-state index in [0.29, 0.717) is 16.8 Å². The monoisotopic (exact) mass is 541 g/mol. The second-order valence-corrected chi connectivity index (χ2v) is 11.4. The number of rotatable bonds is 6. The zero-order chi connectivity index (χ0) is 28.7. The molecule has 1 amide bonds. The van der Waals surface area contributed by atoms with Gasteiger partial charge in [0.05, 0.1) is 23.3 Å². The van der Waals surface area contributed by atoms with Crippen LogP contribution in [0.25, 0.3) is 22.4 Å². The maximum atomic E-state index is 13.1. The smallest absolute Gasteiger partial charge is 0.257 e. The molecule has 2 aliphatic rings. The van der Waals surface area contributed by atoms with E-state index < -0.39 is 0 Å². The molecule has 2 aromatic carbocycles. The third kappa shape index (κ3) is 7.71. The Morgan fingerprint density at radius 2 is 1.82 bits per heavy atom. The Morgan fingerprint density at radius 3 is 2.42 bits per heavy atom. The van der Waals surface area contributed by atoms with Gasteiger partial charge in [-0.15, -0.1) is 0 Å². The Morgan fingerprint density at radius 1 is 1.10 bits per heavy atom. The van der Waals surface area contributed by atoms with Crippen molar-refractivity contribution >= 4 is 22.6 Å². The zero-order valence-electron chi connectivity index (χ0n) is 24.6. The van der Waals surface area contributed by atoms with E-state index in [1.54, 1.807) is 18.2 Å².